The maximum absolute atomic E-state index is 11.6. The van der Waals surface area contributed by atoms with Gasteiger partial charge in [-0.2, -0.15) is 0 Å². The molecule has 1 fully saturated rings. The molecule has 1 rings (SSSR count). The molecular formula is C11H22N2O3S. The molecule has 0 bridgehead atoms. The normalized spacial score (nSPS) is 18.7. The number of carbonyl (C=O) groups is 1. The van der Waals surface area contributed by atoms with Crippen molar-refractivity contribution in [1.82, 2.24) is 10.2 Å². The third kappa shape index (κ3) is 5.50. The molecule has 0 aromatic carbocycles. The van der Waals surface area contributed by atoms with Crippen LogP contribution in [0.15, 0.2) is 0 Å². The molecule has 0 aromatic heterocycles. The summed E-state index contributed by atoms with van der Waals surface area (Å²) in [6.07, 6.45) is 1.43. The highest BCUT2D eigenvalue weighted by molar-refractivity contribution is 7.84. The highest BCUT2D eigenvalue weighted by Gasteiger charge is 2.33. The second-order valence-corrected chi connectivity index (χ2v) is 6.87. The average Bonchev–Trinajstić information content (AvgIpc) is 2.04. The Hall–Kier alpha value is -0.620. The van der Waals surface area contributed by atoms with Crippen molar-refractivity contribution in [2.75, 3.05) is 31.6 Å². The second-order valence-electron chi connectivity index (χ2n) is 5.31. The lowest BCUT2D eigenvalue weighted by atomic mass is 10.1. The SMILES string of the molecule is CS(=O)CCNC1CN(C(=O)OC(C)(C)C)C1. The van der Waals surface area contributed by atoms with Crippen LogP contribution in [0, 0.1) is 0 Å². The summed E-state index contributed by atoms with van der Waals surface area (Å²) in [7, 11) is -0.759. The van der Waals surface area contributed by atoms with Crippen molar-refractivity contribution in [3.8, 4) is 0 Å². The number of hydrogen-bond donors (Lipinski definition) is 1. The zero-order valence-electron chi connectivity index (χ0n) is 11.0. The minimum absolute atomic E-state index is 0.255. The van der Waals surface area contributed by atoms with Crippen LogP contribution < -0.4 is 5.32 Å². The van der Waals surface area contributed by atoms with Crippen molar-refractivity contribution in [2.45, 2.75) is 32.4 Å². The van der Waals surface area contributed by atoms with Crippen LogP contribution in [0.25, 0.3) is 0 Å². The van der Waals surface area contributed by atoms with Crippen LogP contribution in [0.1, 0.15) is 20.8 Å². The molecule has 6 heteroatoms. The highest BCUT2D eigenvalue weighted by Crippen LogP contribution is 2.14. The Kier molecular flexibility index (Phi) is 4.94. The number of amides is 1. The van der Waals surface area contributed by atoms with Crippen LogP contribution in [0.4, 0.5) is 4.79 Å². The van der Waals surface area contributed by atoms with E-state index in [1.54, 1.807) is 11.2 Å². The molecule has 1 heterocycles. The smallest absolute Gasteiger partial charge is 0.410 e. The number of hydrogen-bond acceptors (Lipinski definition) is 4. The monoisotopic (exact) mass is 262 g/mol. The predicted molar refractivity (Wildman–Crippen MR) is 68.5 cm³/mol. The predicted octanol–water partition coefficient (Wildman–Crippen LogP) is 0.574. The van der Waals surface area contributed by atoms with E-state index in [9.17, 15) is 9.00 Å². The lowest BCUT2D eigenvalue weighted by Crippen LogP contribution is -2.60. The van der Waals surface area contributed by atoms with Gasteiger partial charge in [-0.25, -0.2) is 4.79 Å². The van der Waals surface area contributed by atoms with Crippen LogP contribution in [0.5, 0.6) is 0 Å². The standard InChI is InChI=1S/C11H22N2O3S/c1-11(2,3)16-10(14)13-7-9(8-13)12-5-6-17(4)15/h9,12H,5-8H2,1-4H3. The molecule has 1 N–H and O–H groups in total. The highest BCUT2D eigenvalue weighted by atomic mass is 32.2. The summed E-state index contributed by atoms with van der Waals surface area (Å²) >= 11 is 0. The molecule has 0 radical (unpaired) electrons. The van der Waals surface area contributed by atoms with Gasteiger partial charge in [-0.3, -0.25) is 4.21 Å². The lowest BCUT2D eigenvalue weighted by Gasteiger charge is -2.40. The fraction of sp³-hybridized carbons (Fsp3) is 0.909. The van der Waals surface area contributed by atoms with Gasteiger partial charge in [0.2, 0.25) is 0 Å². The molecule has 1 amide bonds. The molecule has 0 aliphatic carbocycles. The van der Waals surface area contributed by atoms with Crippen molar-refractivity contribution >= 4 is 16.9 Å². The van der Waals surface area contributed by atoms with Crippen LogP contribution >= 0.6 is 0 Å². The van der Waals surface area contributed by atoms with E-state index in [2.05, 4.69) is 5.32 Å². The molecule has 0 aromatic rings. The van der Waals surface area contributed by atoms with Gasteiger partial charge in [-0.05, 0) is 20.8 Å². The van der Waals surface area contributed by atoms with E-state index < -0.39 is 16.4 Å². The first kappa shape index (κ1) is 14.4. The third-order valence-electron chi connectivity index (χ3n) is 2.36. The van der Waals surface area contributed by atoms with E-state index in [0.717, 1.165) is 6.54 Å². The van der Waals surface area contributed by atoms with Crippen LogP contribution in [0.3, 0.4) is 0 Å². The number of rotatable bonds is 4. The topological polar surface area (TPSA) is 58.6 Å². The summed E-state index contributed by atoms with van der Waals surface area (Å²) in [5.41, 5.74) is -0.436. The van der Waals surface area contributed by atoms with Crippen molar-refractivity contribution in [3.05, 3.63) is 0 Å². The molecule has 100 valence electrons. The summed E-state index contributed by atoms with van der Waals surface area (Å²) in [6, 6.07) is 0.311. The van der Waals surface area contributed by atoms with Gasteiger partial charge in [-0.15, -0.1) is 0 Å². The molecule has 1 saturated heterocycles. The van der Waals surface area contributed by atoms with Gasteiger partial charge in [0.05, 0.1) is 0 Å². The van der Waals surface area contributed by atoms with Crippen molar-refractivity contribution in [1.29, 1.82) is 0 Å². The summed E-state index contributed by atoms with van der Waals surface area (Å²) in [5.74, 6) is 0.656. The van der Waals surface area contributed by atoms with Crippen LogP contribution in [-0.2, 0) is 15.5 Å². The van der Waals surface area contributed by atoms with E-state index >= 15 is 0 Å². The summed E-state index contributed by atoms with van der Waals surface area (Å²) in [4.78, 5) is 13.3. The van der Waals surface area contributed by atoms with E-state index in [-0.39, 0.29) is 6.09 Å². The van der Waals surface area contributed by atoms with Crippen molar-refractivity contribution in [3.63, 3.8) is 0 Å². The van der Waals surface area contributed by atoms with Gasteiger partial charge < -0.3 is 15.0 Å². The largest absolute Gasteiger partial charge is 0.444 e. The summed E-state index contributed by atoms with van der Waals surface area (Å²) in [5, 5.41) is 3.26. The Morgan fingerprint density at radius 1 is 1.47 bits per heavy atom. The maximum Gasteiger partial charge on any atom is 0.410 e. The second kappa shape index (κ2) is 5.82. The fourth-order valence-corrected chi connectivity index (χ4v) is 1.90. The average molecular weight is 262 g/mol. The third-order valence-corrected chi connectivity index (χ3v) is 3.13. The van der Waals surface area contributed by atoms with E-state index in [4.69, 9.17) is 4.74 Å². The molecule has 1 unspecified atom stereocenters. The number of likely N-dealkylation sites (tertiary alicyclic amines) is 1. The number of nitrogens with one attached hydrogen (secondary N) is 1. The first-order valence-electron chi connectivity index (χ1n) is 5.79. The van der Waals surface area contributed by atoms with Crippen LogP contribution in [-0.4, -0.2) is 58.5 Å². The zero-order valence-corrected chi connectivity index (χ0v) is 11.8. The molecule has 1 atom stereocenters. The number of carbonyl (C=O) groups excluding carboxylic acids is 1. The number of ether oxygens (including phenoxy) is 1. The minimum atomic E-state index is -0.759. The van der Waals surface area contributed by atoms with Crippen LogP contribution in [0.2, 0.25) is 0 Å². The molecule has 0 saturated carbocycles. The zero-order chi connectivity index (χ0) is 13.1. The Balaban J connectivity index is 2.14. The molecule has 17 heavy (non-hydrogen) atoms. The fourth-order valence-electron chi connectivity index (χ4n) is 1.49. The van der Waals surface area contributed by atoms with Gasteiger partial charge in [0.15, 0.2) is 0 Å². The van der Waals surface area contributed by atoms with Gasteiger partial charge in [0.1, 0.15) is 5.60 Å². The Bertz CT molecular complexity index is 296. The quantitative estimate of drug-likeness (QED) is 0.805. The van der Waals surface area contributed by atoms with Gasteiger partial charge in [0.25, 0.3) is 0 Å². The number of nitrogens with zero attached hydrogens (tertiary/aromatic N) is 1. The molecule has 0 spiro atoms. The molecule has 1 aliphatic rings. The Labute approximate surface area is 105 Å². The first-order valence-corrected chi connectivity index (χ1v) is 7.52. The Morgan fingerprint density at radius 2 is 2.06 bits per heavy atom. The summed E-state index contributed by atoms with van der Waals surface area (Å²) in [6.45, 7) is 7.65. The van der Waals surface area contributed by atoms with Gasteiger partial charge in [0, 0.05) is 48.5 Å². The molecular weight excluding hydrogens is 240 g/mol. The van der Waals surface area contributed by atoms with Crippen molar-refractivity contribution in [2.24, 2.45) is 0 Å². The maximum atomic E-state index is 11.6. The lowest BCUT2D eigenvalue weighted by molar-refractivity contribution is 0.00555. The Morgan fingerprint density at radius 3 is 2.53 bits per heavy atom. The van der Waals surface area contributed by atoms with E-state index in [0.29, 0.717) is 24.9 Å². The minimum Gasteiger partial charge on any atom is -0.444 e. The first-order chi connectivity index (χ1) is 7.78. The molecule has 1 aliphatic heterocycles. The van der Waals surface area contributed by atoms with Crippen molar-refractivity contribution < 1.29 is 13.7 Å². The van der Waals surface area contributed by atoms with E-state index in [1.807, 2.05) is 20.8 Å². The van der Waals surface area contributed by atoms with Gasteiger partial charge in [-0.1, -0.05) is 0 Å². The van der Waals surface area contributed by atoms with E-state index in [1.165, 1.54) is 0 Å². The van der Waals surface area contributed by atoms with Gasteiger partial charge >= 0.3 is 6.09 Å². The molecule has 5 nitrogen and oxygen atoms in total. The summed E-state index contributed by atoms with van der Waals surface area (Å²) < 4.78 is 16.1.